The van der Waals surface area contributed by atoms with Crippen LogP contribution >= 0.6 is 11.3 Å². The highest BCUT2D eigenvalue weighted by Gasteiger charge is 2.24. The molecule has 3 aromatic carbocycles. The van der Waals surface area contributed by atoms with Crippen LogP contribution in [0.15, 0.2) is 72.8 Å². The molecule has 1 N–H and O–H groups in total. The number of carbonyl (C=O) groups is 1. The summed E-state index contributed by atoms with van der Waals surface area (Å²) in [6.45, 7) is 3.00. The van der Waals surface area contributed by atoms with E-state index in [1.54, 1.807) is 7.11 Å². The standard InChI is InChI=1S/C26H25N3O3S/c1-31-21-13-12-20(29-14-16-32-17-15-29)24-23(21)28-26(33-24)25(30)27-22(18-8-4-2-5-9-18)19-10-6-3-7-11-19/h2-13,22H,14-17H2,1H3,(H,27,30). The molecule has 0 bridgehead atoms. The number of ether oxygens (including phenoxy) is 2. The minimum atomic E-state index is -0.271. The van der Waals surface area contributed by atoms with Crippen molar-refractivity contribution in [3.05, 3.63) is 88.9 Å². The van der Waals surface area contributed by atoms with Crippen LogP contribution in [0, 0.1) is 0 Å². The first-order chi connectivity index (χ1) is 16.2. The van der Waals surface area contributed by atoms with E-state index in [1.165, 1.54) is 11.3 Å². The van der Waals surface area contributed by atoms with E-state index < -0.39 is 0 Å². The fourth-order valence-electron chi connectivity index (χ4n) is 4.13. The summed E-state index contributed by atoms with van der Waals surface area (Å²) in [5.74, 6) is 0.462. The first-order valence-corrected chi connectivity index (χ1v) is 11.8. The van der Waals surface area contributed by atoms with Crippen molar-refractivity contribution < 1.29 is 14.3 Å². The van der Waals surface area contributed by atoms with Gasteiger partial charge < -0.3 is 19.7 Å². The first kappa shape index (κ1) is 21.4. The molecule has 1 fully saturated rings. The maximum atomic E-state index is 13.4. The second kappa shape index (κ2) is 9.60. The summed E-state index contributed by atoms with van der Waals surface area (Å²) in [4.78, 5) is 20.4. The lowest BCUT2D eigenvalue weighted by Gasteiger charge is -2.29. The number of benzene rings is 3. The topological polar surface area (TPSA) is 63.7 Å². The number of hydrogen-bond acceptors (Lipinski definition) is 6. The third-order valence-electron chi connectivity index (χ3n) is 5.79. The number of methoxy groups -OCH3 is 1. The van der Waals surface area contributed by atoms with Crippen LogP contribution in [-0.4, -0.2) is 44.3 Å². The molecule has 168 valence electrons. The first-order valence-electron chi connectivity index (χ1n) is 11.0. The van der Waals surface area contributed by atoms with Crippen molar-refractivity contribution in [2.75, 3.05) is 38.3 Å². The Morgan fingerprint density at radius 3 is 2.24 bits per heavy atom. The summed E-state index contributed by atoms with van der Waals surface area (Å²) in [5.41, 5.74) is 3.82. The molecule has 0 unspecified atom stereocenters. The molecule has 0 aliphatic carbocycles. The van der Waals surface area contributed by atoms with Crippen molar-refractivity contribution in [1.82, 2.24) is 10.3 Å². The SMILES string of the molecule is COc1ccc(N2CCOCC2)c2sc(C(=O)NC(c3ccccc3)c3ccccc3)nc12. The summed E-state index contributed by atoms with van der Waals surface area (Å²) in [7, 11) is 1.63. The molecular weight excluding hydrogens is 434 g/mol. The average molecular weight is 460 g/mol. The molecule has 0 spiro atoms. The zero-order chi connectivity index (χ0) is 22.6. The van der Waals surface area contributed by atoms with Gasteiger partial charge in [-0.25, -0.2) is 4.98 Å². The maximum absolute atomic E-state index is 13.4. The zero-order valence-electron chi connectivity index (χ0n) is 18.4. The predicted octanol–water partition coefficient (Wildman–Crippen LogP) is 4.66. The minimum Gasteiger partial charge on any atom is -0.494 e. The summed E-state index contributed by atoms with van der Waals surface area (Å²) in [5, 5.41) is 3.62. The molecular formula is C26H25N3O3S. The normalized spacial score (nSPS) is 13.9. The van der Waals surface area contributed by atoms with Crippen LogP contribution in [0.5, 0.6) is 5.75 Å². The van der Waals surface area contributed by atoms with Gasteiger partial charge in [0, 0.05) is 13.1 Å². The quantitative estimate of drug-likeness (QED) is 0.454. The molecule has 1 aliphatic heterocycles. The predicted molar refractivity (Wildman–Crippen MR) is 131 cm³/mol. The Balaban J connectivity index is 1.51. The molecule has 5 rings (SSSR count). The van der Waals surface area contributed by atoms with Crippen molar-refractivity contribution >= 4 is 33.1 Å². The Hall–Kier alpha value is -3.42. The number of hydrogen-bond donors (Lipinski definition) is 1. The molecule has 0 atom stereocenters. The van der Waals surface area contributed by atoms with Crippen molar-refractivity contribution in [2.45, 2.75) is 6.04 Å². The molecule has 1 amide bonds. The number of aromatic nitrogens is 1. The van der Waals surface area contributed by atoms with Crippen LogP contribution < -0.4 is 15.0 Å². The Morgan fingerprint density at radius 2 is 1.64 bits per heavy atom. The molecule has 33 heavy (non-hydrogen) atoms. The lowest BCUT2D eigenvalue weighted by atomic mass is 9.99. The number of nitrogens with zero attached hydrogens (tertiary/aromatic N) is 2. The van der Waals surface area contributed by atoms with E-state index in [2.05, 4.69) is 10.2 Å². The molecule has 6 nitrogen and oxygen atoms in total. The molecule has 1 aromatic heterocycles. The van der Waals surface area contributed by atoms with Crippen LogP contribution in [0.2, 0.25) is 0 Å². The van der Waals surface area contributed by atoms with Crippen LogP contribution in [0.3, 0.4) is 0 Å². The molecule has 0 saturated carbocycles. The highest BCUT2D eigenvalue weighted by atomic mass is 32.1. The van der Waals surface area contributed by atoms with E-state index in [9.17, 15) is 4.79 Å². The van der Waals surface area contributed by atoms with E-state index in [0.717, 1.165) is 34.6 Å². The average Bonchev–Trinajstić information content (AvgIpc) is 3.34. The molecule has 0 radical (unpaired) electrons. The number of rotatable bonds is 6. The van der Waals surface area contributed by atoms with E-state index in [-0.39, 0.29) is 11.9 Å². The van der Waals surface area contributed by atoms with Crippen LogP contribution in [0.25, 0.3) is 10.2 Å². The molecule has 1 saturated heterocycles. The Kier molecular flexibility index (Phi) is 6.24. The van der Waals surface area contributed by atoms with Gasteiger partial charge in [0.15, 0.2) is 5.01 Å². The number of amides is 1. The van der Waals surface area contributed by atoms with Gasteiger partial charge in [-0.1, -0.05) is 60.7 Å². The Labute approximate surface area is 196 Å². The minimum absolute atomic E-state index is 0.205. The fourth-order valence-corrected chi connectivity index (χ4v) is 5.15. The van der Waals surface area contributed by atoms with E-state index in [4.69, 9.17) is 14.5 Å². The number of carbonyl (C=O) groups excluding carboxylic acids is 1. The zero-order valence-corrected chi connectivity index (χ0v) is 19.2. The summed E-state index contributed by atoms with van der Waals surface area (Å²) in [6, 6.07) is 23.7. The molecule has 1 aliphatic rings. The number of fused-ring (bicyclic) bond motifs is 1. The monoisotopic (exact) mass is 459 g/mol. The van der Waals surface area contributed by atoms with Gasteiger partial charge in [0.25, 0.3) is 5.91 Å². The summed E-state index contributed by atoms with van der Waals surface area (Å²) in [6.07, 6.45) is 0. The molecule has 4 aromatic rings. The molecule has 7 heteroatoms. The van der Waals surface area contributed by atoms with Gasteiger partial charge in [-0.15, -0.1) is 11.3 Å². The third-order valence-corrected chi connectivity index (χ3v) is 6.87. The fraction of sp³-hybridized carbons (Fsp3) is 0.231. The number of nitrogens with one attached hydrogen (secondary N) is 1. The Bertz CT molecular complexity index is 1200. The van der Waals surface area contributed by atoms with Gasteiger partial charge >= 0.3 is 0 Å². The van der Waals surface area contributed by atoms with Crippen molar-refractivity contribution in [2.24, 2.45) is 0 Å². The van der Waals surface area contributed by atoms with Gasteiger partial charge in [0.2, 0.25) is 0 Å². The van der Waals surface area contributed by atoms with Gasteiger partial charge in [0.1, 0.15) is 11.3 Å². The van der Waals surface area contributed by atoms with Gasteiger partial charge in [-0.3, -0.25) is 4.79 Å². The largest absolute Gasteiger partial charge is 0.494 e. The second-order valence-electron chi connectivity index (χ2n) is 7.81. The number of morpholine rings is 1. The number of anilines is 1. The third kappa shape index (κ3) is 4.42. The lowest BCUT2D eigenvalue weighted by Crippen LogP contribution is -2.36. The van der Waals surface area contributed by atoms with Crippen molar-refractivity contribution in [3.8, 4) is 5.75 Å². The van der Waals surface area contributed by atoms with Crippen LogP contribution in [-0.2, 0) is 4.74 Å². The summed E-state index contributed by atoms with van der Waals surface area (Å²) >= 11 is 1.40. The van der Waals surface area contributed by atoms with Gasteiger partial charge in [0.05, 0.1) is 36.8 Å². The summed E-state index contributed by atoms with van der Waals surface area (Å²) < 4.78 is 12.0. The van der Waals surface area contributed by atoms with Crippen molar-refractivity contribution in [3.63, 3.8) is 0 Å². The highest BCUT2D eigenvalue weighted by Crippen LogP contribution is 2.38. The highest BCUT2D eigenvalue weighted by molar-refractivity contribution is 7.21. The van der Waals surface area contributed by atoms with Gasteiger partial charge in [-0.05, 0) is 23.3 Å². The van der Waals surface area contributed by atoms with E-state index in [0.29, 0.717) is 29.5 Å². The van der Waals surface area contributed by atoms with Crippen molar-refractivity contribution in [1.29, 1.82) is 0 Å². The van der Waals surface area contributed by atoms with Crippen LogP contribution in [0.4, 0.5) is 5.69 Å². The van der Waals surface area contributed by atoms with Gasteiger partial charge in [-0.2, -0.15) is 0 Å². The smallest absolute Gasteiger partial charge is 0.281 e. The maximum Gasteiger partial charge on any atom is 0.281 e. The molecule has 2 heterocycles. The van der Waals surface area contributed by atoms with Crippen LogP contribution in [0.1, 0.15) is 27.0 Å². The second-order valence-corrected chi connectivity index (χ2v) is 8.81. The number of thiazole rings is 1. The lowest BCUT2D eigenvalue weighted by molar-refractivity contribution is 0.0943. The van der Waals surface area contributed by atoms with E-state index in [1.807, 2.05) is 72.8 Å². The van der Waals surface area contributed by atoms with E-state index >= 15 is 0 Å². The Morgan fingerprint density at radius 1 is 1.00 bits per heavy atom.